The molecule has 0 bridgehead atoms. The molecule has 192 valence electrons. The molecule has 8 heteroatoms. The first-order valence-electron chi connectivity index (χ1n) is 13.4. The number of aliphatic imine (C=N–C) groups is 1. The Morgan fingerprint density at radius 2 is 2.09 bits per heavy atom. The molecule has 8 nitrogen and oxygen atoms in total. The second-order valence-corrected chi connectivity index (χ2v) is 10.0. The molecule has 1 atom stereocenters. The van der Waals surface area contributed by atoms with Crippen molar-refractivity contribution in [3.8, 4) is 5.75 Å². The molecule has 2 heterocycles. The third kappa shape index (κ3) is 6.54. The Kier molecular flexibility index (Phi) is 9.01. The molecular weight excluding hydrogens is 444 g/mol. The molecule has 2 fully saturated rings. The van der Waals surface area contributed by atoms with Crippen LogP contribution in [0.4, 0.5) is 5.69 Å². The van der Waals surface area contributed by atoms with E-state index >= 15 is 0 Å². The zero-order valence-electron chi connectivity index (χ0n) is 21.0. The van der Waals surface area contributed by atoms with Gasteiger partial charge in [-0.05, 0) is 56.2 Å². The lowest BCUT2D eigenvalue weighted by atomic mass is 9.81. The number of aliphatic hydroxyl groups excluding tert-OH is 1. The number of unbranched alkanes of at least 4 members (excludes halogenated alkanes) is 1. The van der Waals surface area contributed by atoms with Gasteiger partial charge in [0.15, 0.2) is 0 Å². The maximum atomic E-state index is 13.1. The summed E-state index contributed by atoms with van der Waals surface area (Å²) in [4.78, 5) is 33.2. The zero-order valence-corrected chi connectivity index (χ0v) is 21.0. The second kappa shape index (κ2) is 12.4. The van der Waals surface area contributed by atoms with Crippen molar-refractivity contribution in [1.29, 1.82) is 0 Å². The highest BCUT2D eigenvalue weighted by Crippen LogP contribution is 2.32. The number of aliphatic hydroxyl groups is 1. The largest absolute Gasteiger partial charge is 0.494 e. The molecule has 1 aliphatic carbocycles. The number of carbonyl (C=O) groups excluding carboxylic acids is 2. The first-order chi connectivity index (χ1) is 17.1. The second-order valence-electron chi connectivity index (χ2n) is 10.0. The standard InChI is InChI=1S/C27H40N4O4/c1-2-8-24(20-9-4-3-5-10-20)31(14-15-32)26(34)11-6-7-16-35-22-12-13-23-21(17-22)18-30-19-25(33)29-27(30)28-23/h12-13,17,20,24,32H,2-11,14-16,18-19H2,1H3,(H,28,29,33). The molecule has 1 unspecified atom stereocenters. The summed E-state index contributed by atoms with van der Waals surface area (Å²) in [6, 6.07) is 6.08. The number of rotatable bonds is 12. The van der Waals surface area contributed by atoms with E-state index in [9.17, 15) is 14.7 Å². The van der Waals surface area contributed by atoms with Crippen LogP contribution in [0.2, 0.25) is 0 Å². The van der Waals surface area contributed by atoms with E-state index in [4.69, 9.17) is 4.74 Å². The minimum atomic E-state index is -0.0279. The maximum absolute atomic E-state index is 13.1. The van der Waals surface area contributed by atoms with Crippen molar-refractivity contribution in [2.45, 2.75) is 83.7 Å². The maximum Gasteiger partial charge on any atom is 0.246 e. The van der Waals surface area contributed by atoms with E-state index in [0.29, 0.717) is 44.5 Å². The van der Waals surface area contributed by atoms with Gasteiger partial charge in [0.25, 0.3) is 0 Å². The first kappa shape index (κ1) is 25.5. The number of fused-ring (bicyclic) bond motifs is 2. The van der Waals surface area contributed by atoms with Gasteiger partial charge < -0.3 is 19.6 Å². The van der Waals surface area contributed by atoms with E-state index in [-0.39, 0.29) is 24.5 Å². The Labute approximate surface area is 208 Å². The third-order valence-corrected chi connectivity index (χ3v) is 7.42. The van der Waals surface area contributed by atoms with Gasteiger partial charge in [-0.3, -0.25) is 14.9 Å². The predicted molar refractivity (Wildman–Crippen MR) is 136 cm³/mol. The normalized spacial score (nSPS) is 18.4. The van der Waals surface area contributed by atoms with Crippen LogP contribution in [0.25, 0.3) is 0 Å². The predicted octanol–water partition coefficient (Wildman–Crippen LogP) is 3.74. The Morgan fingerprint density at radius 1 is 1.26 bits per heavy atom. The molecule has 1 saturated heterocycles. The van der Waals surface area contributed by atoms with Crippen molar-refractivity contribution < 1.29 is 19.4 Å². The summed E-state index contributed by atoms with van der Waals surface area (Å²) >= 11 is 0. The average Bonchev–Trinajstić information content (AvgIpc) is 3.23. The van der Waals surface area contributed by atoms with Crippen molar-refractivity contribution in [1.82, 2.24) is 15.1 Å². The van der Waals surface area contributed by atoms with Gasteiger partial charge in [-0.15, -0.1) is 0 Å². The van der Waals surface area contributed by atoms with Crippen LogP contribution in [0.3, 0.4) is 0 Å². The lowest BCUT2D eigenvalue weighted by Crippen LogP contribution is -2.46. The molecule has 2 aliphatic heterocycles. The minimum absolute atomic E-state index is 0.0211. The van der Waals surface area contributed by atoms with E-state index in [0.717, 1.165) is 42.7 Å². The van der Waals surface area contributed by atoms with Crippen LogP contribution in [-0.2, 0) is 16.1 Å². The highest BCUT2D eigenvalue weighted by Gasteiger charge is 2.31. The van der Waals surface area contributed by atoms with E-state index in [1.807, 2.05) is 28.0 Å². The molecule has 2 amide bonds. The Hall–Kier alpha value is -2.61. The number of hydrogen-bond donors (Lipinski definition) is 2. The summed E-state index contributed by atoms with van der Waals surface area (Å²) in [6.45, 7) is 4.17. The van der Waals surface area contributed by atoms with Gasteiger partial charge >= 0.3 is 0 Å². The third-order valence-electron chi connectivity index (χ3n) is 7.42. The number of nitrogens with one attached hydrogen (secondary N) is 1. The number of carbonyl (C=O) groups is 2. The van der Waals surface area contributed by atoms with Gasteiger partial charge in [-0.2, -0.15) is 0 Å². The molecule has 4 rings (SSSR count). The van der Waals surface area contributed by atoms with Crippen molar-refractivity contribution >= 4 is 23.5 Å². The molecule has 0 spiro atoms. The molecule has 35 heavy (non-hydrogen) atoms. The Morgan fingerprint density at radius 3 is 2.86 bits per heavy atom. The number of hydrogen-bond acceptors (Lipinski definition) is 6. The van der Waals surface area contributed by atoms with Crippen molar-refractivity contribution in [2.24, 2.45) is 10.9 Å². The SMILES string of the molecule is CCCC(C1CCCCC1)N(CCO)C(=O)CCCCOc1ccc2c(c1)CN1CC(=O)NC1=N2. The van der Waals surface area contributed by atoms with Gasteiger partial charge in [0.1, 0.15) is 12.3 Å². The van der Waals surface area contributed by atoms with E-state index in [2.05, 4.69) is 17.2 Å². The minimum Gasteiger partial charge on any atom is -0.494 e. The molecule has 1 saturated carbocycles. The number of ether oxygens (including phenoxy) is 1. The van der Waals surface area contributed by atoms with Crippen molar-refractivity contribution in [2.75, 3.05) is 26.3 Å². The van der Waals surface area contributed by atoms with Gasteiger partial charge in [-0.25, -0.2) is 4.99 Å². The molecule has 2 N–H and O–H groups in total. The summed E-state index contributed by atoms with van der Waals surface area (Å²) in [5.74, 6) is 2.12. The van der Waals surface area contributed by atoms with Crippen LogP contribution < -0.4 is 10.1 Å². The molecule has 1 aromatic rings. The molecule has 3 aliphatic rings. The number of benzene rings is 1. The van der Waals surface area contributed by atoms with E-state index < -0.39 is 0 Å². The van der Waals surface area contributed by atoms with Gasteiger partial charge in [-0.1, -0.05) is 32.6 Å². The summed E-state index contributed by atoms with van der Waals surface area (Å²) in [6.07, 6.45) is 10.4. The van der Waals surface area contributed by atoms with Crippen molar-refractivity contribution in [3.05, 3.63) is 23.8 Å². The summed E-state index contributed by atoms with van der Waals surface area (Å²) < 4.78 is 5.96. The fraction of sp³-hybridized carbons (Fsp3) is 0.667. The Bertz CT molecular complexity index is 912. The Balaban J connectivity index is 1.24. The highest BCUT2D eigenvalue weighted by molar-refractivity contribution is 6.05. The smallest absolute Gasteiger partial charge is 0.246 e. The van der Waals surface area contributed by atoms with Crippen molar-refractivity contribution in [3.63, 3.8) is 0 Å². The number of guanidine groups is 1. The van der Waals surface area contributed by atoms with Crippen LogP contribution in [0, 0.1) is 5.92 Å². The fourth-order valence-corrected chi connectivity index (χ4v) is 5.68. The molecule has 1 aromatic carbocycles. The van der Waals surface area contributed by atoms with Gasteiger partial charge in [0.05, 0.1) is 18.9 Å². The van der Waals surface area contributed by atoms with Crippen LogP contribution in [0.15, 0.2) is 23.2 Å². The van der Waals surface area contributed by atoms with Crippen LogP contribution in [0.5, 0.6) is 5.75 Å². The van der Waals surface area contributed by atoms with Crippen LogP contribution in [0.1, 0.15) is 76.7 Å². The van der Waals surface area contributed by atoms with Crippen LogP contribution >= 0.6 is 0 Å². The highest BCUT2D eigenvalue weighted by atomic mass is 16.5. The topological polar surface area (TPSA) is 94.5 Å². The van der Waals surface area contributed by atoms with E-state index in [1.54, 1.807) is 0 Å². The van der Waals surface area contributed by atoms with Crippen LogP contribution in [-0.4, -0.2) is 65.0 Å². The average molecular weight is 485 g/mol. The summed E-state index contributed by atoms with van der Waals surface area (Å²) in [5.41, 5.74) is 1.90. The quantitative estimate of drug-likeness (QED) is 0.441. The lowest BCUT2D eigenvalue weighted by Gasteiger charge is -2.39. The number of amides is 2. The molecular formula is C27H40N4O4. The van der Waals surface area contributed by atoms with Gasteiger partial charge in [0.2, 0.25) is 17.8 Å². The first-order valence-corrected chi connectivity index (χ1v) is 13.4. The lowest BCUT2D eigenvalue weighted by molar-refractivity contribution is -0.136. The van der Waals surface area contributed by atoms with E-state index in [1.165, 1.54) is 32.1 Å². The summed E-state index contributed by atoms with van der Waals surface area (Å²) in [7, 11) is 0. The molecule has 0 aromatic heterocycles. The van der Waals surface area contributed by atoms with Gasteiger partial charge in [0, 0.05) is 31.1 Å². The monoisotopic (exact) mass is 484 g/mol. The summed E-state index contributed by atoms with van der Waals surface area (Å²) in [5, 5.41) is 12.4. The fourth-order valence-electron chi connectivity index (χ4n) is 5.68. The number of nitrogens with zero attached hydrogens (tertiary/aromatic N) is 3. The zero-order chi connectivity index (χ0) is 24.6. The molecule has 0 radical (unpaired) electrons.